The quantitative estimate of drug-likeness (QED) is 0.669. The van der Waals surface area contributed by atoms with Crippen LogP contribution in [0.5, 0.6) is 0 Å². The van der Waals surface area contributed by atoms with E-state index in [1.165, 1.54) is 6.20 Å². The van der Waals surface area contributed by atoms with Crippen molar-refractivity contribution in [2.75, 3.05) is 5.32 Å². The second-order valence-electron chi connectivity index (χ2n) is 5.86. The summed E-state index contributed by atoms with van der Waals surface area (Å²) in [5.41, 5.74) is 0.962. The zero-order chi connectivity index (χ0) is 14.0. The maximum atomic E-state index is 11.0. The van der Waals surface area contributed by atoms with Crippen molar-refractivity contribution in [2.24, 2.45) is 5.41 Å². The van der Waals surface area contributed by atoms with E-state index in [2.05, 4.69) is 40.1 Å². The predicted molar refractivity (Wildman–Crippen MR) is 78.3 cm³/mol. The van der Waals surface area contributed by atoms with E-state index in [4.69, 9.17) is 0 Å². The number of nitrogens with one attached hydrogen (secondary N) is 1. The van der Waals surface area contributed by atoms with E-state index in [0.717, 1.165) is 25.7 Å². The molecule has 1 aromatic heterocycles. The van der Waals surface area contributed by atoms with Gasteiger partial charge >= 0.3 is 5.69 Å². The van der Waals surface area contributed by atoms with E-state index in [1.807, 2.05) is 0 Å². The van der Waals surface area contributed by atoms with Crippen molar-refractivity contribution < 1.29 is 4.92 Å². The third kappa shape index (κ3) is 3.43. The van der Waals surface area contributed by atoms with Crippen molar-refractivity contribution in [3.63, 3.8) is 0 Å². The van der Waals surface area contributed by atoms with Crippen LogP contribution in [-0.4, -0.2) is 15.9 Å². The Morgan fingerprint density at radius 3 is 2.63 bits per heavy atom. The molecule has 0 atom stereocenters. The minimum atomic E-state index is -0.396. The summed E-state index contributed by atoms with van der Waals surface area (Å²) in [6.45, 7) is 4.54. The van der Waals surface area contributed by atoms with E-state index >= 15 is 0 Å². The number of rotatable bonds is 3. The van der Waals surface area contributed by atoms with Crippen LogP contribution in [0.4, 0.5) is 11.4 Å². The van der Waals surface area contributed by atoms with Crippen molar-refractivity contribution >= 4 is 27.3 Å². The van der Waals surface area contributed by atoms with Crippen LogP contribution in [-0.2, 0) is 0 Å². The molecule has 0 bridgehead atoms. The van der Waals surface area contributed by atoms with Crippen molar-refractivity contribution in [3.05, 3.63) is 27.0 Å². The first-order valence-electron chi connectivity index (χ1n) is 6.43. The van der Waals surface area contributed by atoms with Gasteiger partial charge in [-0.15, -0.1) is 0 Å². The van der Waals surface area contributed by atoms with Gasteiger partial charge in [-0.05, 0) is 47.0 Å². The van der Waals surface area contributed by atoms with Crippen molar-refractivity contribution in [3.8, 4) is 0 Å². The number of anilines is 1. The highest BCUT2D eigenvalue weighted by molar-refractivity contribution is 9.10. The Labute approximate surface area is 121 Å². The Morgan fingerprint density at radius 2 is 2.05 bits per heavy atom. The van der Waals surface area contributed by atoms with E-state index in [1.54, 1.807) is 6.20 Å². The molecule has 6 heteroatoms. The molecule has 1 saturated carbocycles. The normalized spacial score (nSPS) is 19.1. The summed E-state index contributed by atoms with van der Waals surface area (Å²) in [6.07, 6.45) is 7.24. The van der Waals surface area contributed by atoms with Crippen LogP contribution in [0.25, 0.3) is 0 Å². The van der Waals surface area contributed by atoms with Crippen molar-refractivity contribution in [2.45, 2.75) is 45.6 Å². The molecule has 2 rings (SSSR count). The van der Waals surface area contributed by atoms with Gasteiger partial charge in [0.05, 0.1) is 9.40 Å². The molecular weight excluding hydrogens is 310 g/mol. The van der Waals surface area contributed by atoms with E-state index < -0.39 is 4.92 Å². The Hall–Kier alpha value is -1.17. The molecule has 1 N–H and O–H groups in total. The minimum Gasteiger partial charge on any atom is -0.376 e. The zero-order valence-corrected chi connectivity index (χ0v) is 12.7. The number of nitro groups is 1. The summed E-state index contributed by atoms with van der Waals surface area (Å²) < 4.78 is 0.645. The van der Waals surface area contributed by atoms with Gasteiger partial charge in [-0.1, -0.05) is 13.8 Å². The molecule has 0 aliphatic heterocycles. The number of hydrogen-bond donors (Lipinski definition) is 1. The highest BCUT2D eigenvalue weighted by atomic mass is 79.9. The van der Waals surface area contributed by atoms with Crippen LogP contribution in [0, 0.1) is 15.5 Å². The molecule has 5 nitrogen and oxygen atoms in total. The van der Waals surface area contributed by atoms with Gasteiger partial charge in [0.15, 0.2) is 0 Å². The van der Waals surface area contributed by atoms with E-state index in [0.29, 0.717) is 21.6 Å². The van der Waals surface area contributed by atoms with Gasteiger partial charge < -0.3 is 5.32 Å². The first-order valence-corrected chi connectivity index (χ1v) is 7.23. The summed E-state index contributed by atoms with van der Waals surface area (Å²) in [5, 5.41) is 14.3. The Kier molecular flexibility index (Phi) is 4.08. The number of aromatic nitrogens is 1. The van der Waals surface area contributed by atoms with Gasteiger partial charge in [-0.2, -0.15) is 0 Å². The number of halogens is 1. The highest BCUT2D eigenvalue weighted by Gasteiger charge is 2.28. The maximum Gasteiger partial charge on any atom is 0.311 e. The molecule has 0 amide bonds. The van der Waals surface area contributed by atoms with E-state index in [9.17, 15) is 10.1 Å². The highest BCUT2D eigenvalue weighted by Crippen LogP contribution is 2.38. The molecule has 1 heterocycles. The largest absolute Gasteiger partial charge is 0.376 e. The molecule has 0 saturated heterocycles. The first-order chi connectivity index (χ1) is 8.89. The van der Waals surface area contributed by atoms with Crippen LogP contribution in [0.3, 0.4) is 0 Å². The van der Waals surface area contributed by atoms with Gasteiger partial charge in [0.25, 0.3) is 0 Å². The molecule has 0 radical (unpaired) electrons. The summed E-state index contributed by atoms with van der Waals surface area (Å²) in [5.74, 6) is 0. The average Bonchev–Trinajstić information content (AvgIpc) is 2.33. The monoisotopic (exact) mass is 327 g/mol. The lowest BCUT2D eigenvalue weighted by Gasteiger charge is -2.35. The Balaban J connectivity index is 2.14. The molecule has 19 heavy (non-hydrogen) atoms. The van der Waals surface area contributed by atoms with Gasteiger partial charge in [0, 0.05) is 12.2 Å². The average molecular weight is 328 g/mol. The molecule has 1 aromatic rings. The summed E-state index contributed by atoms with van der Waals surface area (Å²) in [4.78, 5) is 14.5. The third-order valence-corrected chi connectivity index (χ3v) is 4.37. The molecule has 0 unspecified atom stereocenters. The first kappa shape index (κ1) is 14.2. The lowest BCUT2D eigenvalue weighted by atomic mass is 9.75. The fourth-order valence-corrected chi connectivity index (χ4v) is 2.89. The number of hydrogen-bond acceptors (Lipinski definition) is 4. The summed E-state index contributed by atoms with van der Waals surface area (Å²) in [6, 6.07) is 0.297. The van der Waals surface area contributed by atoms with Crippen LogP contribution in [0.2, 0.25) is 0 Å². The molecule has 0 aromatic carbocycles. The molecule has 0 spiro atoms. The Morgan fingerprint density at radius 1 is 1.42 bits per heavy atom. The van der Waals surface area contributed by atoms with Crippen LogP contribution < -0.4 is 5.32 Å². The molecule has 1 aliphatic carbocycles. The van der Waals surface area contributed by atoms with Crippen LogP contribution in [0.15, 0.2) is 16.9 Å². The predicted octanol–water partition coefficient (Wildman–Crippen LogP) is 4.13. The van der Waals surface area contributed by atoms with Crippen LogP contribution in [0.1, 0.15) is 39.5 Å². The second-order valence-corrected chi connectivity index (χ2v) is 6.71. The summed E-state index contributed by atoms with van der Waals surface area (Å²) in [7, 11) is 0. The third-order valence-electron chi connectivity index (χ3n) is 3.76. The zero-order valence-electron chi connectivity index (χ0n) is 11.1. The Bertz CT molecular complexity index is 481. The summed E-state index contributed by atoms with van der Waals surface area (Å²) >= 11 is 3.34. The molecule has 104 valence electrons. The maximum absolute atomic E-state index is 11.0. The lowest BCUT2D eigenvalue weighted by Crippen LogP contribution is -2.30. The van der Waals surface area contributed by atoms with Crippen molar-refractivity contribution in [1.29, 1.82) is 0 Å². The standard InChI is InChI=1S/C13H18BrN3O2/c1-13(2)5-3-9(4-6-13)16-12-10(14)7-15-8-11(12)17(18)19/h7-9H,3-6H2,1-2H3,(H,15,16). The van der Waals surface area contributed by atoms with Gasteiger partial charge in [-0.3, -0.25) is 15.1 Å². The van der Waals surface area contributed by atoms with Gasteiger partial charge in [0.1, 0.15) is 11.9 Å². The fourth-order valence-electron chi connectivity index (χ4n) is 2.45. The lowest BCUT2D eigenvalue weighted by molar-refractivity contribution is -0.384. The second kappa shape index (κ2) is 5.45. The minimum absolute atomic E-state index is 0.0270. The number of nitrogens with zero attached hydrogens (tertiary/aromatic N) is 2. The SMILES string of the molecule is CC1(C)CCC(Nc2c(Br)cncc2[N+](=O)[O-])CC1. The topological polar surface area (TPSA) is 68.1 Å². The van der Waals surface area contributed by atoms with Crippen molar-refractivity contribution in [1.82, 2.24) is 4.98 Å². The van der Waals surface area contributed by atoms with Gasteiger partial charge in [-0.25, -0.2) is 0 Å². The van der Waals surface area contributed by atoms with Crippen LogP contribution >= 0.6 is 15.9 Å². The van der Waals surface area contributed by atoms with E-state index in [-0.39, 0.29) is 5.69 Å². The molecular formula is C13H18BrN3O2. The van der Waals surface area contributed by atoms with Gasteiger partial charge in [0.2, 0.25) is 0 Å². The number of pyridine rings is 1. The smallest absolute Gasteiger partial charge is 0.311 e. The fraction of sp³-hybridized carbons (Fsp3) is 0.615. The molecule has 1 fully saturated rings. The molecule has 1 aliphatic rings.